The first-order valence-corrected chi connectivity index (χ1v) is 9.02. The van der Waals surface area contributed by atoms with E-state index in [2.05, 4.69) is 20.9 Å². The maximum Gasteiger partial charge on any atom is 0.195 e. The van der Waals surface area contributed by atoms with Gasteiger partial charge in [0.15, 0.2) is 17.5 Å². The van der Waals surface area contributed by atoms with Crippen LogP contribution in [0.5, 0.6) is 0 Å². The molecule has 6 heteroatoms. The number of aryl methyl sites for hydroxylation is 5. The van der Waals surface area contributed by atoms with Crippen LogP contribution >= 0.6 is 15.9 Å². The van der Waals surface area contributed by atoms with Crippen LogP contribution in [-0.2, 0) is 12.8 Å². The van der Waals surface area contributed by atoms with Crippen LogP contribution in [0, 0.1) is 38.2 Å². The van der Waals surface area contributed by atoms with Crippen LogP contribution in [0.2, 0.25) is 0 Å². The van der Waals surface area contributed by atoms with Crippen LogP contribution < -0.4 is 0 Å². The Morgan fingerprint density at radius 3 is 2.19 bits per heavy atom. The van der Waals surface area contributed by atoms with E-state index in [1.807, 2.05) is 49.6 Å². The van der Waals surface area contributed by atoms with Gasteiger partial charge < -0.3 is 4.57 Å². The second kappa shape index (κ2) is 7.27. The number of rotatable bonds is 4. The molecule has 0 aliphatic rings. The van der Waals surface area contributed by atoms with E-state index in [0.29, 0.717) is 6.42 Å². The third kappa shape index (κ3) is 3.56. The fraction of sp³-hybridized carbons (Fsp3) is 0.250. The minimum absolute atomic E-state index is 0.0807. The average molecular weight is 423 g/mol. The fourth-order valence-electron chi connectivity index (χ4n) is 3.06. The molecule has 3 aromatic rings. The van der Waals surface area contributed by atoms with Gasteiger partial charge in [-0.1, -0.05) is 0 Å². The largest absolute Gasteiger partial charge is 0.303 e. The van der Waals surface area contributed by atoms with E-state index < -0.39 is 17.5 Å². The van der Waals surface area contributed by atoms with Gasteiger partial charge in [-0.2, -0.15) is 0 Å². The molecule has 0 unspecified atom stereocenters. The van der Waals surface area contributed by atoms with Crippen molar-refractivity contribution in [1.82, 2.24) is 9.55 Å². The van der Waals surface area contributed by atoms with Crippen molar-refractivity contribution in [3.05, 3.63) is 80.5 Å². The third-order valence-corrected chi connectivity index (χ3v) is 4.91. The van der Waals surface area contributed by atoms with E-state index in [-0.39, 0.29) is 16.5 Å². The van der Waals surface area contributed by atoms with Crippen LogP contribution in [-0.4, -0.2) is 9.55 Å². The molecule has 26 heavy (non-hydrogen) atoms. The van der Waals surface area contributed by atoms with Gasteiger partial charge in [-0.3, -0.25) is 0 Å². The molecule has 0 N–H and O–H groups in total. The molecule has 0 saturated carbocycles. The van der Waals surface area contributed by atoms with E-state index >= 15 is 0 Å². The number of benzene rings is 1. The lowest BCUT2D eigenvalue weighted by Crippen LogP contribution is -2.06. The van der Waals surface area contributed by atoms with Gasteiger partial charge in [-0.15, -0.1) is 0 Å². The highest BCUT2D eigenvalue weighted by molar-refractivity contribution is 9.10. The van der Waals surface area contributed by atoms with Crippen molar-refractivity contribution in [2.75, 3.05) is 0 Å². The van der Waals surface area contributed by atoms with E-state index in [1.54, 1.807) is 0 Å². The fourth-order valence-corrected chi connectivity index (χ4v) is 3.51. The summed E-state index contributed by atoms with van der Waals surface area (Å²) in [5.41, 5.74) is 4.07. The normalized spacial score (nSPS) is 11.2. The van der Waals surface area contributed by atoms with Gasteiger partial charge in [0, 0.05) is 17.1 Å². The first-order chi connectivity index (χ1) is 12.3. The summed E-state index contributed by atoms with van der Waals surface area (Å²) in [6.07, 6.45) is 0.643. The zero-order valence-electron chi connectivity index (χ0n) is 14.7. The van der Waals surface area contributed by atoms with Crippen molar-refractivity contribution in [3.63, 3.8) is 0 Å². The lowest BCUT2D eigenvalue weighted by Gasteiger charge is -2.12. The monoisotopic (exact) mass is 422 g/mol. The van der Waals surface area contributed by atoms with Crippen molar-refractivity contribution >= 4 is 15.9 Å². The summed E-state index contributed by atoms with van der Waals surface area (Å²) in [5.74, 6) is -3.01. The predicted molar refractivity (Wildman–Crippen MR) is 99.2 cm³/mol. The quantitative estimate of drug-likeness (QED) is 0.385. The first kappa shape index (κ1) is 18.7. The summed E-state index contributed by atoms with van der Waals surface area (Å²) in [7, 11) is 0. The van der Waals surface area contributed by atoms with Crippen LogP contribution in [0.3, 0.4) is 0 Å². The molecule has 0 aliphatic carbocycles. The Balaban J connectivity index is 1.90. The first-order valence-electron chi connectivity index (χ1n) is 8.22. The number of halogens is 4. The molecular formula is C20H18BrF3N2. The van der Waals surface area contributed by atoms with Gasteiger partial charge in [-0.05, 0) is 91.0 Å². The Labute approximate surface area is 158 Å². The van der Waals surface area contributed by atoms with E-state index in [1.165, 1.54) is 6.07 Å². The minimum atomic E-state index is -1.45. The maximum absolute atomic E-state index is 14.0. The Morgan fingerprint density at radius 2 is 1.54 bits per heavy atom. The molecule has 0 atom stereocenters. The molecule has 2 nitrogen and oxygen atoms in total. The lowest BCUT2D eigenvalue weighted by atomic mass is 10.1. The summed E-state index contributed by atoms with van der Waals surface area (Å²) in [5, 5.41) is 0. The molecule has 0 amide bonds. The highest BCUT2D eigenvalue weighted by Crippen LogP contribution is 2.25. The molecule has 3 rings (SSSR count). The second-order valence-corrected chi connectivity index (χ2v) is 7.26. The summed E-state index contributed by atoms with van der Waals surface area (Å²) in [6, 6.07) is 9.23. The molecule has 0 fully saturated rings. The van der Waals surface area contributed by atoms with Crippen molar-refractivity contribution in [2.24, 2.45) is 0 Å². The SMILES string of the molecule is Cc1cc(CCc2cc(Br)c(F)c(F)c2F)nc(-n2c(C)ccc2C)c1. The molecule has 0 saturated heterocycles. The van der Waals surface area contributed by atoms with Crippen LogP contribution in [0.25, 0.3) is 5.82 Å². The number of hydrogen-bond acceptors (Lipinski definition) is 1. The average Bonchev–Trinajstić information content (AvgIpc) is 2.93. The molecular weight excluding hydrogens is 405 g/mol. The van der Waals surface area contributed by atoms with Crippen molar-refractivity contribution in [2.45, 2.75) is 33.6 Å². The van der Waals surface area contributed by atoms with Gasteiger partial charge >= 0.3 is 0 Å². The number of nitrogens with zero attached hydrogens (tertiary/aromatic N) is 2. The highest BCUT2D eigenvalue weighted by atomic mass is 79.9. The van der Waals surface area contributed by atoms with E-state index in [0.717, 1.165) is 28.5 Å². The summed E-state index contributed by atoms with van der Waals surface area (Å²) in [4.78, 5) is 4.67. The van der Waals surface area contributed by atoms with Crippen LogP contribution in [0.4, 0.5) is 13.2 Å². The van der Waals surface area contributed by atoms with Gasteiger partial charge in [-0.25, -0.2) is 18.2 Å². The lowest BCUT2D eigenvalue weighted by molar-refractivity contribution is 0.437. The molecule has 0 bridgehead atoms. The second-order valence-electron chi connectivity index (χ2n) is 6.40. The molecule has 0 aliphatic heterocycles. The highest BCUT2D eigenvalue weighted by Gasteiger charge is 2.17. The Morgan fingerprint density at radius 1 is 0.885 bits per heavy atom. The maximum atomic E-state index is 14.0. The van der Waals surface area contributed by atoms with Gasteiger partial charge in [0.1, 0.15) is 5.82 Å². The molecule has 0 spiro atoms. The number of hydrogen-bond donors (Lipinski definition) is 0. The molecule has 0 radical (unpaired) electrons. The number of aromatic nitrogens is 2. The standard InChI is InChI=1S/C20H18BrF3N2/c1-11-8-15(25-17(9-11)26-12(2)4-5-13(26)3)7-6-14-10-16(21)19(23)20(24)18(14)22/h4-5,8-10H,6-7H2,1-3H3. The topological polar surface area (TPSA) is 17.8 Å². The van der Waals surface area contributed by atoms with Crippen molar-refractivity contribution in [3.8, 4) is 5.82 Å². The van der Waals surface area contributed by atoms with Gasteiger partial charge in [0.05, 0.1) is 4.47 Å². The van der Waals surface area contributed by atoms with Gasteiger partial charge in [0.25, 0.3) is 0 Å². The van der Waals surface area contributed by atoms with Crippen LogP contribution in [0.1, 0.15) is 28.2 Å². The Kier molecular flexibility index (Phi) is 5.23. The third-order valence-electron chi connectivity index (χ3n) is 4.34. The summed E-state index contributed by atoms with van der Waals surface area (Å²) in [6.45, 7) is 5.98. The van der Waals surface area contributed by atoms with E-state index in [4.69, 9.17) is 0 Å². The smallest absolute Gasteiger partial charge is 0.195 e. The number of pyridine rings is 1. The van der Waals surface area contributed by atoms with Crippen molar-refractivity contribution < 1.29 is 13.2 Å². The van der Waals surface area contributed by atoms with Crippen molar-refractivity contribution in [1.29, 1.82) is 0 Å². The molecule has 1 aromatic carbocycles. The predicted octanol–water partition coefficient (Wildman–Crippen LogP) is 5.76. The molecule has 136 valence electrons. The Bertz CT molecular complexity index is 960. The van der Waals surface area contributed by atoms with Gasteiger partial charge in [0.2, 0.25) is 0 Å². The zero-order valence-corrected chi connectivity index (χ0v) is 16.3. The minimum Gasteiger partial charge on any atom is -0.303 e. The van der Waals surface area contributed by atoms with E-state index in [9.17, 15) is 13.2 Å². The van der Waals surface area contributed by atoms with Crippen LogP contribution in [0.15, 0.2) is 34.8 Å². The molecule has 2 heterocycles. The molecule has 2 aromatic heterocycles. The zero-order chi connectivity index (χ0) is 19.0. The summed E-state index contributed by atoms with van der Waals surface area (Å²) >= 11 is 2.92. The Hall–Kier alpha value is -2.08. The summed E-state index contributed by atoms with van der Waals surface area (Å²) < 4.78 is 42.9.